The fourth-order valence-electron chi connectivity index (χ4n) is 2.53. The molecule has 1 aromatic carbocycles. The van der Waals surface area contributed by atoms with Crippen LogP contribution in [0.1, 0.15) is 50.5 Å². The summed E-state index contributed by atoms with van der Waals surface area (Å²) in [7, 11) is 0. The van der Waals surface area contributed by atoms with Crippen LogP contribution in [-0.2, 0) is 13.0 Å². The highest BCUT2D eigenvalue weighted by atomic mass is 16.3. The van der Waals surface area contributed by atoms with Crippen molar-refractivity contribution in [2.24, 2.45) is 0 Å². The van der Waals surface area contributed by atoms with Crippen molar-refractivity contribution in [3.8, 4) is 0 Å². The number of para-hydroxylation sites is 1. The van der Waals surface area contributed by atoms with Gasteiger partial charge in [0.05, 0.1) is 6.54 Å². The van der Waals surface area contributed by atoms with Gasteiger partial charge < -0.3 is 9.73 Å². The van der Waals surface area contributed by atoms with Crippen molar-refractivity contribution in [3.05, 3.63) is 35.1 Å². The zero-order valence-corrected chi connectivity index (χ0v) is 11.8. The van der Waals surface area contributed by atoms with Gasteiger partial charge in [0.25, 0.3) is 0 Å². The molecule has 0 atom stereocenters. The molecule has 0 aliphatic rings. The molecule has 0 radical (unpaired) electrons. The van der Waals surface area contributed by atoms with E-state index in [1.165, 1.54) is 16.5 Å². The second kappa shape index (κ2) is 5.57. The fourth-order valence-corrected chi connectivity index (χ4v) is 2.53. The van der Waals surface area contributed by atoms with Crippen LogP contribution in [0.5, 0.6) is 0 Å². The zero-order chi connectivity index (χ0) is 13.1. The summed E-state index contributed by atoms with van der Waals surface area (Å²) in [5, 5.41) is 4.65. The summed E-state index contributed by atoms with van der Waals surface area (Å²) < 4.78 is 6.12. The third-order valence-corrected chi connectivity index (χ3v) is 3.41. The normalized spacial score (nSPS) is 11.6. The topological polar surface area (TPSA) is 25.2 Å². The van der Waals surface area contributed by atoms with Gasteiger partial charge in [-0.25, -0.2) is 0 Å². The van der Waals surface area contributed by atoms with Crippen LogP contribution in [0, 0.1) is 0 Å². The van der Waals surface area contributed by atoms with Crippen molar-refractivity contribution in [2.45, 2.75) is 46.6 Å². The summed E-state index contributed by atoms with van der Waals surface area (Å²) in [6.45, 7) is 10.6. The van der Waals surface area contributed by atoms with Gasteiger partial charge in [-0.15, -0.1) is 0 Å². The Morgan fingerprint density at radius 3 is 2.61 bits per heavy atom. The number of nitrogens with one attached hydrogen (secondary N) is 1. The second-order valence-corrected chi connectivity index (χ2v) is 5.02. The molecule has 18 heavy (non-hydrogen) atoms. The van der Waals surface area contributed by atoms with Gasteiger partial charge in [0.1, 0.15) is 11.3 Å². The number of hydrogen-bond donors (Lipinski definition) is 1. The number of rotatable bonds is 5. The van der Waals surface area contributed by atoms with Crippen LogP contribution in [0.4, 0.5) is 0 Å². The predicted octanol–water partition coefficient (Wildman–Crippen LogP) is 4.23. The summed E-state index contributed by atoms with van der Waals surface area (Å²) in [5.74, 6) is 1.59. The standard InChI is InChI=1S/C16H23NO/c1-5-12-8-7-9-13-15(11(3)4)14(10-17-6-2)18-16(12)13/h7-9,11,17H,5-6,10H2,1-4H3. The molecule has 2 heteroatoms. The molecule has 0 aliphatic carbocycles. The first kappa shape index (κ1) is 13.2. The Hall–Kier alpha value is -1.28. The van der Waals surface area contributed by atoms with E-state index in [9.17, 15) is 0 Å². The predicted molar refractivity (Wildman–Crippen MR) is 77.1 cm³/mol. The highest BCUT2D eigenvalue weighted by molar-refractivity contribution is 5.85. The second-order valence-electron chi connectivity index (χ2n) is 5.02. The van der Waals surface area contributed by atoms with E-state index >= 15 is 0 Å². The highest BCUT2D eigenvalue weighted by Gasteiger charge is 2.17. The lowest BCUT2D eigenvalue weighted by Gasteiger charge is -2.06. The van der Waals surface area contributed by atoms with Crippen LogP contribution in [0.2, 0.25) is 0 Å². The molecule has 0 bridgehead atoms. The number of aryl methyl sites for hydroxylation is 1. The minimum Gasteiger partial charge on any atom is -0.459 e. The number of furan rings is 1. The molecule has 0 aliphatic heterocycles. The average molecular weight is 245 g/mol. The Bertz CT molecular complexity index is 525. The molecular formula is C16H23NO. The number of fused-ring (bicyclic) bond motifs is 1. The summed E-state index contributed by atoms with van der Waals surface area (Å²) in [4.78, 5) is 0. The van der Waals surface area contributed by atoms with Gasteiger partial charge in [-0.1, -0.05) is 45.9 Å². The maximum absolute atomic E-state index is 6.12. The molecule has 0 amide bonds. The van der Waals surface area contributed by atoms with Gasteiger partial charge in [0.15, 0.2) is 0 Å². The Kier molecular flexibility index (Phi) is 4.07. The zero-order valence-electron chi connectivity index (χ0n) is 11.8. The first-order valence-corrected chi connectivity index (χ1v) is 6.92. The van der Waals surface area contributed by atoms with E-state index < -0.39 is 0 Å². The quantitative estimate of drug-likeness (QED) is 0.852. The summed E-state index contributed by atoms with van der Waals surface area (Å²) >= 11 is 0. The first-order valence-electron chi connectivity index (χ1n) is 6.92. The molecule has 2 rings (SSSR count). The van der Waals surface area contributed by atoms with Gasteiger partial charge in [-0.2, -0.15) is 0 Å². The van der Waals surface area contributed by atoms with Gasteiger partial charge in [-0.05, 0) is 24.4 Å². The Labute approximate surface area is 109 Å². The minimum absolute atomic E-state index is 0.493. The molecule has 2 nitrogen and oxygen atoms in total. The molecule has 2 aromatic rings. The minimum atomic E-state index is 0.493. The lowest BCUT2D eigenvalue weighted by molar-refractivity contribution is 0.508. The van der Waals surface area contributed by atoms with Crippen LogP contribution >= 0.6 is 0 Å². The molecule has 1 aromatic heterocycles. The van der Waals surface area contributed by atoms with E-state index in [2.05, 4.69) is 51.2 Å². The maximum Gasteiger partial charge on any atom is 0.137 e. The molecule has 1 heterocycles. The number of hydrogen-bond acceptors (Lipinski definition) is 2. The first-order chi connectivity index (χ1) is 8.69. The van der Waals surface area contributed by atoms with Gasteiger partial charge in [-0.3, -0.25) is 0 Å². The van der Waals surface area contributed by atoms with Crippen LogP contribution in [0.15, 0.2) is 22.6 Å². The summed E-state index contributed by atoms with van der Waals surface area (Å²) in [5.41, 5.74) is 3.75. The van der Waals surface area contributed by atoms with Crippen LogP contribution in [0.25, 0.3) is 11.0 Å². The molecular weight excluding hydrogens is 222 g/mol. The van der Waals surface area contributed by atoms with E-state index in [0.717, 1.165) is 30.9 Å². The molecule has 0 unspecified atom stereocenters. The average Bonchev–Trinajstić information content (AvgIpc) is 2.74. The van der Waals surface area contributed by atoms with Crippen LogP contribution in [0.3, 0.4) is 0 Å². The van der Waals surface area contributed by atoms with Gasteiger partial charge in [0, 0.05) is 10.9 Å². The van der Waals surface area contributed by atoms with E-state index in [4.69, 9.17) is 4.42 Å². The van der Waals surface area contributed by atoms with Crippen molar-refractivity contribution in [2.75, 3.05) is 6.54 Å². The van der Waals surface area contributed by atoms with Crippen molar-refractivity contribution in [3.63, 3.8) is 0 Å². The van der Waals surface area contributed by atoms with Crippen LogP contribution < -0.4 is 5.32 Å². The fraction of sp³-hybridized carbons (Fsp3) is 0.500. The molecule has 1 N–H and O–H groups in total. The molecule has 0 saturated carbocycles. The summed E-state index contributed by atoms with van der Waals surface area (Å²) in [6.07, 6.45) is 1.02. The molecule has 0 spiro atoms. The van der Waals surface area contributed by atoms with Gasteiger partial charge >= 0.3 is 0 Å². The lowest BCUT2D eigenvalue weighted by Crippen LogP contribution is -2.12. The van der Waals surface area contributed by atoms with E-state index in [1.54, 1.807) is 0 Å². The summed E-state index contributed by atoms with van der Waals surface area (Å²) in [6, 6.07) is 6.48. The van der Waals surface area contributed by atoms with Crippen molar-refractivity contribution >= 4 is 11.0 Å². The van der Waals surface area contributed by atoms with Gasteiger partial charge in [0.2, 0.25) is 0 Å². The van der Waals surface area contributed by atoms with E-state index in [-0.39, 0.29) is 0 Å². The van der Waals surface area contributed by atoms with Crippen molar-refractivity contribution < 1.29 is 4.42 Å². The Balaban J connectivity index is 2.59. The third kappa shape index (κ3) is 2.30. The molecule has 0 saturated heterocycles. The van der Waals surface area contributed by atoms with E-state index in [0.29, 0.717) is 5.92 Å². The molecule has 98 valence electrons. The largest absolute Gasteiger partial charge is 0.459 e. The lowest BCUT2D eigenvalue weighted by atomic mass is 9.98. The molecule has 0 fully saturated rings. The van der Waals surface area contributed by atoms with Crippen LogP contribution in [-0.4, -0.2) is 6.54 Å². The maximum atomic E-state index is 6.12. The SMILES string of the molecule is CCNCc1oc2c(CC)cccc2c1C(C)C. The monoisotopic (exact) mass is 245 g/mol. The Morgan fingerprint density at radius 1 is 1.22 bits per heavy atom. The third-order valence-electron chi connectivity index (χ3n) is 3.41. The van der Waals surface area contributed by atoms with E-state index in [1.807, 2.05) is 0 Å². The smallest absolute Gasteiger partial charge is 0.137 e. The number of benzene rings is 1. The van der Waals surface area contributed by atoms with Crippen molar-refractivity contribution in [1.29, 1.82) is 0 Å². The highest BCUT2D eigenvalue weighted by Crippen LogP contribution is 2.33. The van der Waals surface area contributed by atoms with Crippen molar-refractivity contribution in [1.82, 2.24) is 5.32 Å². The Morgan fingerprint density at radius 2 is 2.00 bits per heavy atom.